The number of sulfonamides is 1. The van der Waals surface area contributed by atoms with E-state index >= 15 is 0 Å². The van der Waals surface area contributed by atoms with Crippen LogP contribution in [0.15, 0.2) is 88.9 Å². The van der Waals surface area contributed by atoms with Crippen molar-refractivity contribution in [2.45, 2.75) is 4.90 Å². The summed E-state index contributed by atoms with van der Waals surface area (Å²) >= 11 is 0. The third kappa shape index (κ3) is 4.84. The molecule has 7 nitrogen and oxygen atoms in total. The van der Waals surface area contributed by atoms with Crippen LogP contribution in [0, 0.1) is 0 Å². The molecule has 0 aliphatic carbocycles. The van der Waals surface area contributed by atoms with Gasteiger partial charge in [-0.25, -0.2) is 13.8 Å². The van der Waals surface area contributed by atoms with Gasteiger partial charge in [0.05, 0.1) is 23.9 Å². The van der Waals surface area contributed by atoms with Crippen molar-refractivity contribution in [2.24, 2.45) is 5.10 Å². The van der Waals surface area contributed by atoms with Gasteiger partial charge in [-0.1, -0.05) is 30.3 Å². The number of anilines is 1. The van der Waals surface area contributed by atoms with Crippen LogP contribution in [0.5, 0.6) is 5.75 Å². The van der Waals surface area contributed by atoms with Crippen LogP contribution < -0.4 is 14.5 Å². The first-order valence-electron chi connectivity index (χ1n) is 9.03. The third-order valence-electron chi connectivity index (χ3n) is 4.37. The fourth-order valence-corrected chi connectivity index (χ4v) is 3.88. The highest BCUT2D eigenvalue weighted by Crippen LogP contribution is 2.22. The summed E-state index contributed by atoms with van der Waals surface area (Å²) in [5.41, 5.74) is 4.02. The van der Waals surface area contributed by atoms with E-state index in [4.69, 9.17) is 4.74 Å². The van der Waals surface area contributed by atoms with Crippen molar-refractivity contribution in [3.05, 3.63) is 90.0 Å². The largest absolute Gasteiger partial charge is 0.497 e. The number of benzene rings is 3. The number of rotatable bonds is 7. The number of carbonyl (C=O) groups excluding carboxylic acids is 1. The van der Waals surface area contributed by atoms with E-state index in [2.05, 4.69) is 10.5 Å². The first-order valence-corrected chi connectivity index (χ1v) is 10.5. The van der Waals surface area contributed by atoms with Gasteiger partial charge in [0.25, 0.3) is 15.9 Å². The minimum atomic E-state index is -3.68. The van der Waals surface area contributed by atoms with Crippen LogP contribution in [0.1, 0.15) is 15.9 Å². The number of hydrazone groups is 1. The average molecular weight is 423 g/mol. The number of ether oxygens (including phenoxy) is 1. The fraction of sp³-hybridized carbons (Fsp3) is 0.0909. The Bertz CT molecular complexity index is 1140. The van der Waals surface area contributed by atoms with Crippen molar-refractivity contribution < 1.29 is 17.9 Å². The second-order valence-corrected chi connectivity index (χ2v) is 8.28. The molecule has 0 aliphatic heterocycles. The van der Waals surface area contributed by atoms with Gasteiger partial charge in [-0.2, -0.15) is 5.10 Å². The number of amides is 1. The molecule has 1 amide bonds. The lowest BCUT2D eigenvalue weighted by atomic mass is 10.2. The molecule has 1 N–H and O–H groups in total. The molecule has 0 saturated heterocycles. The highest BCUT2D eigenvalue weighted by Gasteiger charge is 2.21. The topological polar surface area (TPSA) is 88.1 Å². The van der Waals surface area contributed by atoms with E-state index < -0.39 is 15.9 Å². The summed E-state index contributed by atoms with van der Waals surface area (Å²) in [5.74, 6) is 0.282. The monoisotopic (exact) mass is 423 g/mol. The second kappa shape index (κ2) is 9.23. The standard InChI is InChI=1S/C22H21N3O4S/c1-25(30(27,28)21-9-4-3-5-10-21)19-13-11-18(12-14-19)22(26)24-23-16-17-7-6-8-20(15-17)29-2/h3-16H,1-2H3,(H,24,26). The number of methoxy groups -OCH3 is 1. The summed E-state index contributed by atoms with van der Waals surface area (Å²) in [5, 5.41) is 3.94. The second-order valence-electron chi connectivity index (χ2n) is 6.31. The summed E-state index contributed by atoms with van der Waals surface area (Å²) in [7, 11) is -0.635. The van der Waals surface area contributed by atoms with Crippen molar-refractivity contribution in [3.63, 3.8) is 0 Å². The van der Waals surface area contributed by atoms with Crippen LogP contribution >= 0.6 is 0 Å². The van der Waals surface area contributed by atoms with Gasteiger partial charge < -0.3 is 4.74 Å². The lowest BCUT2D eigenvalue weighted by Crippen LogP contribution is -2.26. The molecule has 0 aliphatic rings. The van der Waals surface area contributed by atoms with Crippen LogP contribution in [0.2, 0.25) is 0 Å². The van der Waals surface area contributed by atoms with Crippen LogP contribution in [0.4, 0.5) is 5.69 Å². The summed E-state index contributed by atoms with van der Waals surface area (Å²) in [4.78, 5) is 12.5. The molecule has 3 rings (SSSR count). The number of hydrogen-bond donors (Lipinski definition) is 1. The predicted molar refractivity (Wildman–Crippen MR) is 117 cm³/mol. The number of hydrogen-bond acceptors (Lipinski definition) is 5. The molecular weight excluding hydrogens is 402 g/mol. The molecule has 0 fully saturated rings. The SMILES string of the molecule is COc1cccc(C=NNC(=O)c2ccc(N(C)S(=O)(=O)c3ccccc3)cc2)c1. The lowest BCUT2D eigenvalue weighted by Gasteiger charge is -2.19. The average Bonchev–Trinajstić information content (AvgIpc) is 2.79. The number of nitrogens with one attached hydrogen (secondary N) is 1. The van der Waals surface area contributed by atoms with Crippen LogP contribution in [-0.4, -0.2) is 34.7 Å². The minimum absolute atomic E-state index is 0.196. The van der Waals surface area contributed by atoms with Gasteiger partial charge in [0.1, 0.15) is 5.75 Å². The minimum Gasteiger partial charge on any atom is -0.497 e. The summed E-state index contributed by atoms with van der Waals surface area (Å²) in [6.07, 6.45) is 1.51. The van der Waals surface area contributed by atoms with Gasteiger partial charge in [-0.15, -0.1) is 0 Å². The smallest absolute Gasteiger partial charge is 0.271 e. The number of carbonyl (C=O) groups is 1. The fourth-order valence-electron chi connectivity index (χ4n) is 2.66. The molecule has 0 aromatic heterocycles. The molecule has 0 saturated carbocycles. The molecule has 3 aromatic carbocycles. The molecule has 0 unspecified atom stereocenters. The molecule has 154 valence electrons. The Morgan fingerprint density at radius 3 is 2.37 bits per heavy atom. The summed E-state index contributed by atoms with van der Waals surface area (Å²) < 4.78 is 31.7. The Labute approximate surface area is 175 Å². The van der Waals surface area contributed by atoms with Crippen molar-refractivity contribution >= 4 is 27.8 Å². The lowest BCUT2D eigenvalue weighted by molar-refractivity contribution is 0.0955. The van der Waals surface area contributed by atoms with Gasteiger partial charge in [0.2, 0.25) is 0 Å². The van der Waals surface area contributed by atoms with E-state index in [9.17, 15) is 13.2 Å². The van der Waals surface area contributed by atoms with Crippen molar-refractivity contribution in [2.75, 3.05) is 18.5 Å². The molecule has 0 bridgehead atoms. The van der Waals surface area contributed by atoms with E-state index in [0.29, 0.717) is 17.0 Å². The van der Waals surface area contributed by atoms with Crippen LogP contribution in [0.25, 0.3) is 0 Å². The molecule has 0 radical (unpaired) electrons. The van der Waals surface area contributed by atoms with E-state index in [1.54, 1.807) is 55.6 Å². The Kier molecular flexibility index (Phi) is 6.48. The van der Waals surface area contributed by atoms with E-state index in [1.165, 1.54) is 29.7 Å². The Hall–Kier alpha value is -3.65. The van der Waals surface area contributed by atoms with Gasteiger partial charge >= 0.3 is 0 Å². The van der Waals surface area contributed by atoms with E-state index in [-0.39, 0.29) is 4.90 Å². The molecular formula is C22H21N3O4S. The van der Waals surface area contributed by atoms with Gasteiger partial charge in [-0.3, -0.25) is 9.10 Å². The maximum absolute atomic E-state index is 12.7. The molecule has 8 heteroatoms. The third-order valence-corrected chi connectivity index (χ3v) is 6.17. The highest BCUT2D eigenvalue weighted by atomic mass is 32.2. The van der Waals surface area contributed by atoms with Crippen LogP contribution in [0.3, 0.4) is 0 Å². The Morgan fingerprint density at radius 2 is 1.70 bits per heavy atom. The quantitative estimate of drug-likeness (QED) is 0.467. The number of nitrogens with zero attached hydrogens (tertiary/aromatic N) is 2. The molecule has 3 aromatic rings. The summed E-state index contributed by atoms with van der Waals surface area (Å²) in [6.45, 7) is 0. The zero-order valence-electron chi connectivity index (χ0n) is 16.5. The predicted octanol–water partition coefficient (Wildman–Crippen LogP) is 3.28. The van der Waals surface area contributed by atoms with Crippen LogP contribution in [-0.2, 0) is 10.0 Å². The zero-order valence-corrected chi connectivity index (χ0v) is 17.3. The Morgan fingerprint density at radius 1 is 1.00 bits per heavy atom. The van der Waals surface area contributed by atoms with Gasteiger partial charge in [0, 0.05) is 12.6 Å². The molecule has 0 heterocycles. The maximum atomic E-state index is 12.7. The van der Waals surface area contributed by atoms with Crippen molar-refractivity contribution in [1.82, 2.24) is 5.43 Å². The zero-order chi connectivity index (χ0) is 21.6. The normalized spacial score (nSPS) is 11.3. The first kappa shape index (κ1) is 21.1. The molecule has 0 spiro atoms. The van der Waals surface area contributed by atoms with Gasteiger partial charge in [-0.05, 0) is 54.1 Å². The molecule has 0 atom stereocenters. The van der Waals surface area contributed by atoms with Gasteiger partial charge in [0.15, 0.2) is 0 Å². The van der Waals surface area contributed by atoms with Crippen molar-refractivity contribution in [1.29, 1.82) is 0 Å². The summed E-state index contributed by atoms with van der Waals surface area (Å²) in [6, 6.07) is 21.6. The highest BCUT2D eigenvalue weighted by molar-refractivity contribution is 7.92. The maximum Gasteiger partial charge on any atom is 0.271 e. The molecule has 30 heavy (non-hydrogen) atoms. The Balaban J connectivity index is 1.67. The van der Waals surface area contributed by atoms with E-state index in [0.717, 1.165) is 5.56 Å². The van der Waals surface area contributed by atoms with Crippen molar-refractivity contribution in [3.8, 4) is 5.75 Å². The van der Waals surface area contributed by atoms with E-state index in [1.807, 2.05) is 18.2 Å². The first-order chi connectivity index (χ1) is 14.4.